The van der Waals surface area contributed by atoms with E-state index in [2.05, 4.69) is 10.3 Å². The number of nitrogens with one attached hydrogen (secondary N) is 1. The van der Waals surface area contributed by atoms with Gasteiger partial charge in [0.15, 0.2) is 5.13 Å². The molecule has 2 aromatic rings. The van der Waals surface area contributed by atoms with Crippen LogP contribution in [-0.2, 0) is 16.0 Å². The fraction of sp³-hybridized carbons (Fsp3) is 0.450. The minimum absolute atomic E-state index is 0.0828. The van der Waals surface area contributed by atoms with Gasteiger partial charge < -0.3 is 10.2 Å². The van der Waals surface area contributed by atoms with Crippen LogP contribution < -0.4 is 5.32 Å². The summed E-state index contributed by atoms with van der Waals surface area (Å²) >= 11 is 1.43. The van der Waals surface area contributed by atoms with Crippen molar-refractivity contribution in [1.29, 1.82) is 0 Å². The van der Waals surface area contributed by atoms with Gasteiger partial charge in [-0.05, 0) is 44.9 Å². The van der Waals surface area contributed by atoms with Crippen molar-refractivity contribution in [3.63, 3.8) is 0 Å². The van der Waals surface area contributed by atoms with Gasteiger partial charge in [-0.3, -0.25) is 9.59 Å². The Morgan fingerprint density at radius 3 is 2.44 bits per heavy atom. The second-order valence-corrected chi connectivity index (χ2v) is 7.38. The summed E-state index contributed by atoms with van der Waals surface area (Å²) in [6.45, 7) is 7.17. The minimum Gasteiger partial charge on any atom is -0.343 e. The first-order valence-corrected chi connectivity index (χ1v) is 10.0. The molecule has 0 bridgehead atoms. The van der Waals surface area contributed by atoms with E-state index in [1.807, 2.05) is 20.8 Å². The van der Waals surface area contributed by atoms with E-state index >= 15 is 0 Å². The van der Waals surface area contributed by atoms with E-state index < -0.39 is 0 Å². The number of carbonyl (C=O) groups is 2. The molecular weight excluding hydrogens is 365 g/mol. The van der Waals surface area contributed by atoms with Crippen LogP contribution in [0, 0.1) is 12.7 Å². The number of carbonyl (C=O) groups excluding carboxylic acids is 2. The number of thiazole rings is 1. The first kappa shape index (κ1) is 21.0. The van der Waals surface area contributed by atoms with Crippen molar-refractivity contribution in [3.8, 4) is 0 Å². The molecule has 0 aliphatic rings. The maximum absolute atomic E-state index is 13.0. The third-order valence-corrected chi connectivity index (χ3v) is 5.40. The van der Waals surface area contributed by atoms with Crippen molar-refractivity contribution in [2.75, 3.05) is 18.4 Å². The number of aromatic nitrogens is 1. The summed E-state index contributed by atoms with van der Waals surface area (Å²) in [4.78, 5) is 31.3. The Hall–Kier alpha value is -2.28. The Morgan fingerprint density at radius 1 is 1.15 bits per heavy atom. The Morgan fingerprint density at radius 2 is 1.81 bits per heavy atom. The molecule has 146 valence electrons. The number of halogens is 1. The Labute approximate surface area is 163 Å². The van der Waals surface area contributed by atoms with Crippen LogP contribution in [0.2, 0.25) is 0 Å². The molecule has 0 saturated heterocycles. The molecule has 7 heteroatoms. The molecule has 0 fully saturated rings. The molecule has 1 aromatic carbocycles. The highest BCUT2D eigenvalue weighted by molar-refractivity contribution is 7.15. The van der Waals surface area contributed by atoms with Crippen molar-refractivity contribution >= 4 is 28.3 Å². The largest absolute Gasteiger partial charge is 0.343 e. The Bertz CT molecular complexity index is 770. The standard InChI is InChI=1S/C20H26FN3O2S/c1-4-24(5-2)19(26)8-6-7-18(25)23-20-22-14(3)17(27-20)13-15-9-11-16(21)12-10-15/h9-12H,4-8,13H2,1-3H3,(H,22,23,25). The summed E-state index contributed by atoms with van der Waals surface area (Å²) in [5, 5.41) is 3.37. The van der Waals surface area contributed by atoms with Gasteiger partial charge in [-0.15, -0.1) is 11.3 Å². The Kier molecular flexibility index (Phi) is 7.91. The number of rotatable bonds is 9. The van der Waals surface area contributed by atoms with Gasteiger partial charge >= 0.3 is 0 Å². The molecule has 0 atom stereocenters. The molecule has 27 heavy (non-hydrogen) atoms. The molecule has 2 amide bonds. The van der Waals surface area contributed by atoms with Crippen LogP contribution in [0.1, 0.15) is 49.2 Å². The van der Waals surface area contributed by atoms with Crippen LogP contribution in [0.5, 0.6) is 0 Å². The van der Waals surface area contributed by atoms with Gasteiger partial charge in [-0.2, -0.15) is 0 Å². The number of benzene rings is 1. The molecular formula is C20H26FN3O2S. The van der Waals surface area contributed by atoms with Crippen LogP contribution in [0.15, 0.2) is 24.3 Å². The van der Waals surface area contributed by atoms with Crippen molar-refractivity contribution < 1.29 is 14.0 Å². The fourth-order valence-electron chi connectivity index (χ4n) is 2.75. The highest BCUT2D eigenvalue weighted by atomic mass is 32.1. The summed E-state index contributed by atoms with van der Waals surface area (Å²) in [6.07, 6.45) is 1.84. The van der Waals surface area contributed by atoms with E-state index in [4.69, 9.17) is 0 Å². The van der Waals surface area contributed by atoms with Gasteiger partial charge in [0.1, 0.15) is 5.82 Å². The molecule has 0 aliphatic heterocycles. The number of amides is 2. The van der Waals surface area contributed by atoms with Crippen LogP contribution in [0.4, 0.5) is 9.52 Å². The van der Waals surface area contributed by atoms with Gasteiger partial charge in [0.25, 0.3) is 0 Å². The van der Waals surface area contributed by atoms with Gasteiger partial charge in [0.05, 0.1) is 5.69 Å². The lowest BCUT2D eigenvalue weighted by Crippen LogP contribution is -2.30. The number of hydrogen-bond donors (Lipinski definition) is 1. The average Bonchev–Trinajstić information content (AvgIpc) is 2.97. The third kappa shape index (κ3) is 6.43. The molecule has 5 nitrogen and oxygen atoms in total. The van der Waals surface area contributed by atoms with E-state index in [-0.39, 0.29) is 17.6 Å². The summed E-state index contributed by atoms with van der Waals surface area (Å²) < 4.78 is 13.0. The minimum atomic E-state index is -0.257. The zero-order valence-electron chi connectivity index (χ0n) is 16.0. The van der Waals surface area contributed by atoms with Gasteiger partial charge in [0, 0.05) is 37.2 Å². The van der Waals surface area contributed by atoms with E-state index in [0.29, 0.717) is 43.9 Å². The molecule has 0 aliphatic carbocycles. The maximum atomic E-state index is 13.0. The normalized spacial score (nSPS) is 10.7. The van der Waals surface area contributed by atoms with Crippen molar-refractivity contribution in [2.24, 2.45) is 0 Å². The van der Waals surface area contributed by atoms with E-state index in [1.54, 1.807) is 17.0 Å². The van der Waals surface area contributed by atoms with Crippen LogP contribution >= 0.6 is 11.3 Å². The van der Waals surface area contributed by atoms with Crippen LogP contribution in [0.25, 0.3) is 0 Å². The number of hydrogen-bond acceptors (Lipinski definition) is 4. The lowest BCUT2D eigenvalue weighted by atomic mass is 10.1. The molecule has 0 radical (unpaired) electrons. The summed E-state index contributed by atoms with van der Waals surface area (Å²) in [6, 6.07) is 6.38. The highest BCUT2D eigenvalue weighted by Gasteiger charge is 2.13. The summed E-state index contributed by atoms with van der Waals surface area (Å²) in [7, 11) is 0. The van der Waals surface area contributed by atoms with Crippen molar-refractivity contribution in [3.05, 3.63) is 46.2 Å². The fourth-order valence-corrected chi connectivity index (χ4v) is 3.76. The van der Waals surface area contributed by atoms with Crippen LogP contribution in [0.3, 0.4) is 0 Å². The van der Waals surface area contributed by atoms with E-state index in [9.17, 15) is 14.0 Å². The predicted octanol–water partition coefficient (Wildman–Crippen LogP) is 4.16. The molecule has 1 aromatic heterocycles. The smallest absolute Gasteiger partial charge is 0.226 e. The quantitative estimate of drug-likeness (QED) is 0.698. The third-order valence-electron chi connectivity index (χ3n) is 4.33. The van der Waals surface area contributed by atoms with Crippen molar-refractivity contribution in [2.45, 2.75) is 46.5 Å². The number of nitrogens with zero attached hydrogens (tertiary/aromatic N) is 2. The lowest BCUT2D eigenvalue weighted by Gasteiger charge is -2.18. The molecule has 1 N–H and O–H groups in total. The molecule has 2 rings (SSSR count). The summed E-state index contributed by atoms with van der Waals surface area (Å²) in [5.41, 5.74) is 1.85. The molecule has 0 spiro atoms. The SMILES string of the molecule is CCN(CC)C(=O)CCCC(=O)Nc1nc(C)c(Cc2ccc(F)cc2)s1. The van der Waals surface area contributed by atoms with Gasteiger partial charge in [-0.25, -0.2) is 9.37 Å². The summed E-state index contributed by atoms with van der Waals surface area (Å²) in [5.74, 6) is -0.309. The molecule has 0 saturated carbocycles. The first-order valence-electron chi connectivity index (χ1n) is 9.21. The van der Waals surface area contributed by atoms with Gasteiger partial charge in [-0.1, -0.05) is 12.1 Å². The zero-order chi connectivity index (χ0) is 19.8. The highest BCUT2D eigenvalue weighted by Crippen LogP contribution is 2.25. The Balaban J connectivity index is 1.84. The second kappa shape index (κ2) is 10.2. The topological polar surface area (TPSA) is 62.3 Å². The maximum Gasteiger partial charge on any atom is 0.226 e. The monoisotopic (exact) mass is 391 g/mol. The first-order chi connectivity index (χ1) is 12.9. The second-order valence-electron chi connectivity index (χ2n) is 6.30. The lowest BCUT2D eigenvalue weighted by molar-refractivity contribution is -0.130. The number of anilines is 1. The molecule has 0 unspecified atom stereocenters. The predicted molar refractivity (Wildman–Crippen MR) is 106 cm³/mol. The van der Waals surface area contributed by atoms with Crippen LogP contribution in [-0.4, -0.2) is 34.8 Å². The van der Waals surface area contributed by atoms with Gasteiger partial charge in [0.2, 0.25) is 11.8 Å². The zero-order valence-corrected chi connectivity index (χ0v) is 16.9. The van der Waals surface area contributed by atoms with E-state index in [0.717, 1.165) is 16.1 Å². The average molecular weight is 392 g/mol. The van der Waals surface area contributed by atoms with Crippen molar-refractivity contribution in [1.82, 2.24) is 9.88 Å². The molecule has 1 heterocycles. The number of aryl methyl sites for hydroxylation is 1. The van der Waals surface area contributed by atoms with E-state index in [1.165, 1.54) is 23.5 Å².